The Hall–Kier alpha value is -1.19. The first-order valence-electron chi connectivity index (χ1n) is 6.48. The molecule has 0 radical (unpaired) electrons. The van der Waals surface area contributed by atoms with Crippen LogP contribution in [0.1, 0.15) is 35.5 Å². The maximum absolute atomic E-state index is 4.39. The number of aryl methyl sites for hydroxylation is 2. The molecule has 0 aliphatic heterocycles. The average Bonchev–Trinajstić information content (AvgIpc) is 2.89. The molecule has 0 fully saturated rings. The van der Waals surface area contributed by atoms with Crippen molar-refractivity contribution in [3.63, 3.8) is 0 Å². The summed E-state index contributed by atoms with van der Waals surface area (Å²) in [4.78, 5) is 5.85. The highest BCUT2D eigenvalue weighted by Gasteiger charge is 2.10. The van der Waals surface area contributed by atoms with Crippen LogP contribution in [0.15, 0.2) is 35.8 Å². The molecular formula is C15H20N2S. The summed E-state index contributed by atoms with van der Waals surface area (Å²) in [6.07, 6.45) is 4.25. The van der Waals surface area contributed by atoms with E-state index in [9.17, 15) is 0 Å². The first kappa shape index (κ1) is 13.2. The summed E-state index contributed by atoms with van der Waals surface area (Å²) in [5.74, 6) is 0. The van der Waals surface area contributed by atoms with Gasteiger partial charge in [0.1, 0.15) is 0 Å². The van der Waals surface area contributed by atoms with E-state index in [0.29, 0.717) is 6.04 Å². The van der Waals surface area contributed by atoms with Crippen LogP contribution in [0.3, 0.4) is 0 Å². The van der Waals surface area contributed by atoms with E-state index in [1.54, 1.807) is 0 Å². The summed E-state index contributed by atoms with van der Waals surface area (Å²) < 4.78 is 0. The third-order valence-electron chi connectivity index (χ3n) is 3.05. The second-order valence-electron chi connectivity index (χ2n) is 4.46. The van der Waals surface area contributed by atoms with Crippen molar-refractivity contribution < 1.29 is 0 Å². The van der Waals surface area contributed by atoms with Gasteiger partial charge in [0.05, 0.1) is 0 Å². The molecule has 0 saturated heterocycles. The molecular weight excluding hydrogens is 240 g/mol. The van der Waals surface area contributed by atoms with Crippen LogP contribution in [0.2, 0.25) is 0 Å². The number of rotatable bonds is 6. The Morgan fingerprint density at radius 2 is 2.22 bits per heavy atom. The molecule has 0 aliphatic rings. The van der Waals surface area contributed by atoms with Gasteiger partial charge in [0.15, 0.2) is 0 Å². The Balaban J connectivity index is 2.01. The minimum absolute atomic E-state index is 0.408. The van der Waals surface area contributed by atoms with Gasteiger partial charge in [0, 0.05) is 22.8 Å². The average molecular weight is 260 g/mol. The van der Waals surface area contributed by atoms with Crippen LogP contribution in [0.25, 0.3) is 0 Å². The van der Waals surface area contributed by atoms with Gasteiger partial charge in [-0.05, 0) is 49.4 Å². The molecule has 0 aromatic carbocycles. The van der Waals surface area contributed by atoms with Crippen molar-refractivity contribution in [2.45, 2.75) is 32.7 Å². The molecule has 0 amide bonds. The van der Waals surface area contributed by atoms with Gasteiger partial charge in [-0.3, -0.25) is 4.98 Å². The number of hydrogen-bond donors (Lipinski definition) is 1. The molecule has 0 bridgehead atoms. The van der Waals surface area contributed by atoms with E-state index in [-0.39, 0.29) is 0 Å². The lowest BCUT2D eigenvalue weighted by Crippen LogP contribution is -2.21. The monoisotopic (exact) mass is 260 g/mol. The fourth-order valence-electron chi connectivity index (χ4n) is 2.06. The highest BCUT2D eigenvalue weighted by Crippen LogP contribution is 2.20. The van der Waals surface area contributed by atoms with Crippen LogP contribution in [-0.2, 0) is 6.42 Å². The van der Waals surface area contributed by atoms with Crippen LogP contribution in [-0.4, -0.2) is 11.5 Å². The van der Waals surface area contributed by atoms with Crippen molar-refractivity contribution in [3.05, 3.63) is 52.0 Å². The van der Waals surface area contributed by atoms with Crippen LogP contribution < -0.4 is 5.32 Å². The molecule has 0 spiro atoms. The zero-order valence-electron chi connectivity index (χ0n) is 11.0. The predicted octanol–water partition coefficient (Wildman–Crippen LogP) is 3.73. The van der Waals surface area contributed by atoms with E-state index in [1.807, 2.05) is 24.5 Å². The maximum atomic E-state index is 4.39. The molecule has 1 unspecified atom stereocenters. The van der Waals surface area contributed by atoms with Crippen molar-refractivity contribution >= 4 is 11.3 Å². The first-order valence-corrected chi connectivity index (χ1v) is 7.36. The Bertz CT molecular complexity index is 448. The number of pyridine rings is 1. The van der Waals surface area contributed by atoms with E-state index in [0.717, 1.165) is 25.1 Å². The molecule has 2 rings (SSSR count). The molecule has 0 aliphatic carbocycles. The quantitative estimate of drug-likeness (QED) is 0.856. The molecule has 0 saturated carbocycles. The van der Waals surface area contributed by atoms with Gasteiger partial charge < -0.3 is 5.32 Å². The maximum Gasteiger partial charge on any atom is 0.0372 e. The summed E-state index contributed by atoms with van der Waals surface area (Å²) in [6.45, 7) is 5.17. The van der Waals surface area contributed by atoms with Gasteiger partial charge in [-0.1, -0.05) is 19.1 Å². The van der Waals surface area contributed by atoms with Crippen molar-refractivity contribution in [1.82, 2.24) is 10.3 Å². The highest BCUT2D eigenvalue weighted by atomic mass is 32.1. The van der Waals surface area contributed by atoms with Gasteiger partial charge in [0.25, 0.3) is 0 Å². The highest BCUT2D eigenvalue weighted by molar-refractivity contribution is 7.09. The number of thiophene rings is 1. The van der Waals surface area contributed by atoms with Crippen molar-refractivity contribution in [2.24, 2.45) is 0 Å². The van der Waals surface area contributed by atoms with Crippen LogP contribution in [0.4, 0.5) is 0 Å². The van der Waals surface area contributed by atoms with Crippen LogP contribution >= 0.6 is 11.3 Å². The molecule has 2 heterocycles. The Kier molecular flexibility index (Phi) is 4.90. The van der Waals surface area contributed by atoms with E-state index in [4.69, 9.17) is 0 Å². The largest absolute Gasteiger partial charge is 0.310 e. The molecule has 96 valence electrons. The lowest BCUT2D eigenvalue weighted by molar-refractivity contribution is 0.515. The summed E-state index contributed by atoms with van der Waals surface area (Å²) in [5, 5.41) is 5.69. The number of nitrogens with zero attached hydrogens (tertiary/aromatic N) is 1. The normalized spacial score (nSPS) is 12.6. The second kappa shape index (κ2) is 6.66. The van der Waals surface area contributed by atoms with E-state index < -0.39 is 0 Å². The molecule has 2 aromatic heterocycles. The lowest BCUT2D eigenvalue weighted by atomic mass is 10.0. The zero-order valence-corrected chi connectivity index (χ0v) is 11.8. The van der Waals surface area contributed by atoms with Gasteiger partial charge in [-0.25, -0.2) is 0 Å². The Labute approximate surface area is 113 Å². The van der Waals surface area contributed by atoms with Gasteiger partial charge in [-0.2, -0.15) is 0 Å². The number of aromatic nitrogens is 1. The van der Waals surface area contributed by atoms with Crippen molar-refractivity contribution in [2.75, 3.05) is 6.54 Å². The topological polar surface area (TPSA) is 24.9 Å². The second-order valence-corrected chi connectivity index (χ2v) is 5.49. The third kappa shape index (κ3) is 3.65. The van der Waals surface area contributed by atoms with Gasteiger partial charge >= 0.3 is 0 Å². The van der Waals surface area contributed by atoms with E-state index >= 15 is 0 Å². The fraction of sp³-hybridized carbons (Fsp3) is 0.400. The number of nitrogens with one attached hydrogen (secondary N) is 1. The van der Waals surface area contributed by atoms with Gasteiger partial charge in [-0.15, -0.1) is 11.3 Å². The van der Waals surface area contributed by atoms with Crippen LogP contribution in [0.5, 0.6) is 0 Å². The van der Waals surface area contributed by atoms with E-state index in [2.05, 4.69) is 46.9 Å². The Morgan fingerprint density at radius 3 is 2.83 bits per heavy atom. The van der Waals surface area contributed by atoms with Crippen LogP contribution in [0, 0.1) is 6.92 Å². The standard InChI is InChI=1S/C15H20N2S/c1-3-16-15(9-8-14-5-4-10-18-14)13-7-6-12(2)17-11-13/h4-7,10-11,15-16H,3,8-9H2,1-2H3. The zero-order chi connectivity index (χ0) is 12.8. The summed E-state index contributed by atoms with van der Waals surface area (Å²) in [5.41, 5.74) is 2.37. The molecule has 18 heavy (non-hydrogen) atoms. The van der Waals surface area contributed by atoms with E-state index in [1.165, 1.54) is 10.4 Å². The van der Waals surface area contributed by atoms with Crippen molar-refractivity contribution in [1.29, 1.82) is 0 Å². The Morgan fingerprint density at radius 1 is 1.33 bits per heavy atom. The minimum atomic E-state index is 0.408. The molecule has 3 heteroatoms. The van der Waals surface area contributed by atoms with Gasteiger partial charge in [0.2, 0.25) is 0 Å². The molecule has 1 N–H and O–H groups in total. The third-order valence-corrected chi connectivity index (χ3v) is 3.98. The lowest BCUT2D eigenvalue weighted by Gasteiger charge is -2.17. The summed E-state index contributed by atoms with van der Waals surface area (Å²) in [6, 6.07) is 9.01. The fourth-order valence-corrected chi connectivity index (χ4v) is 2.78. The van der Waals surface area contributed by atoms with Crippen molar-refractivity contribution in [3.8, 4) is 0 Å². The first-order chi connectivity index (χ1) is 8.79. The molecule has 2 aromatic rings. The predicted molar refractivity (Wildman–Crippen MR) is 78.0 cm³/mol. The summed E-state index contributed by atoms with van der Waals surface area (Å²) in [7, 11) is 0. The smallest absolute Gasteiger partial charge is 0.0372 e. The summed E-state index contributed by atoms with van der Waals surface area (Å²) >= 11 is 1.84. The molecule has 2 nitrogen and oxygen atoms in total. The minimum Gasteiger partial charge on any atom is -0.310 e. The molecule has 1 atom stereocenters. The number of hydrogen-bond acceptors (Lipinski definition) is 3. The SMILES string of the molecule is CCNC(CCc1cccs1)c1ccc(C)nc1.